The van der Waals surface area contributed by atoms with E-state index in [9.17, 15) is 29.4 Å². The molecule has 0 saturated heterocycles. The van der Waals surface area contributed by atoms with Crippen LogP contribution >= 0.6 is 0 Å². The molecule has 39 heavy (non-hydrogen) atoms. The van der Waals surface area contributed by atoms with Crippen molar-refractivity contribution in [1.29, 1.82) is 0 Å². The minimum atomic E-state index is -1.43. The number of aliphatic hydroxyl groups excluding tert-OH is 1. The van der Waals surface area contributed by atoms with Crippen LogP contribution in [0.25, 0.3) is 0 Å². The van der Waals surface area contributed by atoms with Gasteiger partial charge in [0.05, 0.1) is 11.7 Å². The second-order valence-electron chi connectivity index (χ2n) is 12.2. The normalized spacial score (nSPS) is 41.3. The molecule has 1 unspecified atom stereocenters. The zero-order chi connectivity index (χ0) is 28.9. The molecule has 2 N–H and O–H groups in total. The highest BCUT2D eigenvalue weighted by Gasteiger charge is 2.76. The topological polar surface area (TPSA) is 136 Å². The van der Waals surface area contributed by atoms with Crippen LogP contribution in [0.1, 0.15) is 80.1 Å². The summed E-state index contributed by atoms with van der Waals surface area (Å²) in [6.45, 7) is 9.19. The summed E-state index contributed by atoms with van der Waals surface area (Å²) < 4.78 is 17.8. The zero-order valence-electron chi connectivity index (χ0n) is 23.8. The van der Waals surface area contributed by atoms with E-state index in [2.05, 4.69) is 0 Å². The molecule has 9 nitrogen and oxygen atoms in total. The lowest BCUT2D eigenvalue weighted by atomic mass is 9.43. The van der Waals surface area contributed by atoms with Gasteiger partial charge in [0.25, 0.3) is 0 Å². The number of hydrogen-bond donors (Lipinski definition) is 2. The van der Waals surface area contributed by atoms with E-state index in [1.165, 1.54) is 20.8 Å². The number of esters is 3. The Bertz CT molecular complexity index is 1110. The first-order chi connectivity index (χ1) is 18.2. The van der Waals surface area contributed by atoms with Gasteiger partial charge < -0.3 is 24.4 Å². The zero-order valence-corrected chi connectivity index (χ0v) is 23.8. The summed E-state index contributed by atoms with van der Waals surface area (Å²) in [5.74, 6) is -3.46. The Labute approximate surface area is 229 Å². The Kier molecular flexibility index (Phi) is 7.91. The Morgan fingerprint density at radius 2 is 1.74 bits per heavy atom. The van der Waals surface area contributed by atoms with Crippen molar-refractivity contribution in [2.75, 3.05) is 6.61 Å². The molecule has 0 bridgehead atoms. The van der Waals surface area contributed by atoms with E-state index in [1.54, 1.807) is 26.8 Å². The van der Waals surface area contributed by atoms with Gasteiger partial charge in [-0.25, -0.2) is 4.79 Å². The summed E-state index contributed by atoms with van der Waals surface area (Å²) in [4.78, 5) is 50.9. The minimum absolute atomic E-state index is 0.0166. The van der Waals surface area contributed by atoms with Crippen molar-refractivity contribution in [3.63, 3.8) is 0 Å². The monoisotopic (exact) mass is 546 g/mol. The van der Waals surface area contributed by atoms with Gasteiger partial charge in [0.1, 0.15) is 24.6 Å². The fourth-order valence-electron chi connectivity index (χ4n) is 8.40. The van der Waals surface area contributed by atoms with E-state index >= 15 is 0 Å². The van der Waals surface area contributed by atoms with Crippen LogP contribution in [-0.4, -0.2) is 64.4 Å². The number of ether oxygens (including phenoxy) is 3. The molecule has 0 amide bonds. The summed E-state index contributed by atoms with van der Waals surface area (Å²) in [5.41, 5.74) is -2.27. The predicted octanol–water partition coefficient (Wildman–Crippen LogP) is 3.20. The van der Waals surface area contributed by atoms with Crippen molar-refractivity contribution < 1.29 is 43.6 Å². The van der Waals surface area contributed by atoms with E-state index < -0.39 is 70.4 Å². The average Bonchev–Trinajstić information content (AvgIpc) is 3.15. The third-order valence-corrected chi connectivity index (χ3v) is 10.4. The van der Waals surface area contributed by atoms with Crippen molar-refractivity contribution >= 4 is 23.7 Å². The van der Waals surface area contributed by atoms with Gasteiger partial charge in [-0.2, -0.15) is 0 Å². The van der Waals surface area contributed by atoms with Gasteiger partial charge in [0, 0.05) is 42.1 Å². The van der Waals surface area contributed by atoms with Gasteiger partial charge in [-0.05, 0) is 65.2 Å². The highest BCUT2D eigenvalue weighted by Crippen LogP contribution is 2.69. The molecule has 9 atom stereocenters. The molecule has 3 fully saturated rings. The number of carbonyl (C=O) groups is 4. The molecule has 216 valence electrons. The van der Waals surface area contributed by atoms with Gasteiger partial charge in [-0.3, -0.25) is 14.4 Å². The van der Waals surface area contributed by atoms with E-state index in [1.807, 2.05) is 6.08 Å². The maximum atomic E-state index is 13.3. The maximum absolute atomic E-state index is 13.3. The molecule has 0 spiro atoms. The van der Waals surface area contributed by atoms with Gasteiger partial charge in [-0.1, -0.05) is 24.6 Å². The first-order valence-corrected chi connectivity index (χ1v) is 14.0. The number of fused-ring (bicyclic) bond motifs is 5. The Morgan fingerprint density at radius 3 is 2.33 bits per heavy atom. The molecule has 3 saturated carbocycles. The Hall–Kier alpha value is -2.52. The van der Waals surface area contributed by atoms with E-state index in [-0.39, 0.29) is 12.4 Å². The summed E-state index contributed by atoms with van der Waals surface area (Å²) in [5, 5.41) is 23.2. The van der Waals surface area contributed by atoms with Crippen molar-refractivity contribution in [3.8, 4) is 0 Å². The quantitative estimate of drug-likeness (QED) is 0.223. The van der Waals surface area contributed by atoms with Crippen LogP contribution in [0.15, 0.2) is 23.3 Å². The van der Waals surface area contributed by atoms with Gasteiger partial charge in [0.15, 0.2) is 0 Å². The Balaban J connectivity index is 1.97. The molecule has 0 aromatic rings. The van der Waals surface area contributed by atoms with Crippen LogP contribution in [0.2, 0.25) is 0 Å². The highest BCUT2D eigenvalue weighted by molar-refractivity contribution is 5.88. The van der Waals surface area contributed by atoms with Gasteiger partial charge >= 0.3 is 17.9 Å². The molecular formula is C30H42O9. The fourth-order valence-corrected chi connectivity index (χ4v) is 8.40. The van der Waals surface area contributed by atoms with Crippen molar-refractivity contribution in [3.05, 3.63) is 23.3 Å². The maximum Gasteiger partial charge on any atom is 0.333 e. The van der Waals surface area contributed by atoms with Gasteiger partial charge in [-0.15, -0.1) is 0 Å². The number of hydrogen-bond acceptors (Lipinski definition) is 9. The molecule has 9 heteroatoms. The lowest BCUT2D eigenvalue weighted by molar-refractivity contribution is -0.277. The lowest BCUT2D eigenvalue weighted by Crippen LogP contribution is -2.73. The summed E-state index contributed by atoms with van der Waals surface area (Å²) in [6, 6.07) is 0. The van der Waals surface area contributed by atoms with Crippen LogP contribution < -0.4 is 0 Å². The molecule has 0 aromatic heterocycles. The summed E-state index contributed by atoms with van der Waals surface area (Å²) in [7, 11) is 0. The van der Waals surface area contributed by atoms with Crippen molar-refractivity contribution in [1.82, 2.24) is 0 Å². The first-order valence-electron chi connectivity index (χ1n) is 14.0. The number of allylic oxidation sites excluding steroid dienone is 2. The van der Waals surface area contributed by atoms with Crippen LogP contribution in [0.3, 0.4) is 0 Å². The van der Waals surface area contributed by atoms with Crippen molar-refractivity contribution in [2.45, 2.75) is 104 Å². The number of carbonyl (C=O) groups excluding carboxylic acids is 4. The Morgan fingerprint density at radius 1 is 1.05 bits per heavy atom. The molecule has 0 radical (unpaired) electrons. The largest absolute Gasteiger partial charge is 0.465 e. The van der Waals surface area contributed by atoms with Crippen LogP contribution in [-0.2, 0) is 33.4 Å². The predicted molar refractivity (Wildman–Crippen MR) is 140 cm³/mol. The van der Waals surface area contributed by atoms with Crippen molar-refractivity contribution in [2.24, 2.45) is 28.6 Å². The second-order valence-corrected chi connectivity index (χ2v) is 12.2. The van der Waals surface area contributed by atoms with Crippen LogP contribution in [0.5, 0.6) is 0 Å². The fraction of sp³-hybridized carbons (Fsp3) is 0.733. The standard InChI is InChI=1S/C30H42O9/c1-7-16(2)27(35)39-26-25(38-19(5)33)24-23(30(36)13-11-22(17(3)31)28(26,30)6)9-8-20-14-21(34)10-12-29(20,24)15-37-18(4)32/h7-8,21-26,34,36H,9-15H2,1-6H3/b16-7+/t21-,22+,23?,24+,25-,26+,28-,29+,30-/m0/s1. The number of ketones is 1. The molecule has 0 heterocycles. The molecule has 0 aliphatic heterocycles. The van der Waals surface area contributed by atoms with E-state index in [4.69, 9.17) is 14.2 Å². The number of aliphatic hydroxyl groups is 2. The third-order valence-electron chi connectivity index (χ3n) is 10.4. The number of rotatable bonds is 6. The second kappa shape index (κ2) is 10.5. The molecule has 4 aliphatic rings. The van der Waals surface area contributed by atoms with Crippen LogP contribution in [0, 0.1) is 28.6 Å². The SMILES string of the molecule is C/C=C(\C)C(=O)O[C@@H]1[C@@H](OC(C)=O)[C@H]2C(CC=C3C[C@@H](O)CC[C@@]32COC(C)=O)[C@@]2(O)CC[C@H](C(C)=O)[C@@]12C. The first kappa shape index (κ1) is 29.5. The van der Waals surface area contributed by atoms with Crippen LogP contribution in [0.4, 0.5) is 0 Å². The summed E-state index contributed by atoms with van der Waals surface area (Å²) in [6.07, 6.45) is 3.30. The number of Topliss-reactive ketones (excluding diaryl/α,β-unsaturated/α-hetero) is 1. The summed E-state index contributed by atoms with van der Waals surface area (Å²) >= 11 is 0. The molecular weight excluding hydrogens is 504 g/mol. The lowest BCUT2D eigenvalue weighted by Gasteiger charge is -2.65. The molecule has 4 aliphatic carbocycles. The molecule has 4 rings (SSSR count). The minimum Gasteiger partial charge on any atom is -0.465 e. The van der Waals surface area contributed by atoms with E-state index in [0.717, 1.165) is 5.57 Å². The molecule has 0 aromatic carbocycles. The van der Waals surface area contributed by atoms with Gasteiger partial charge in [0.2, 0.25) is 0 Å². The highest BCUT2D eigenvalue weighted by atomic mass is 16.6. The van der Waals surface area contributed by atoms with E-state index in [0.29, 0.717) is 44.1 Å². The average molecular weight is 547 g/mol. The third kappa shape index (κ3) is 4.55. The smallest absolute Gasteiger partial charge is 0.333 e.